The van der Waals surface area contributed by atoms with Gasteiger partial charge in [0.05, 0.1) is 13.2 Å². The Labute approximate surface area is 61.9 Å². The Morgan fingerprint density at radius 2 is 1.90 bits per heavy atom. The van der Waals surface area contributed by atoms with Crippen molar-refractivity contribution in [1.29, 1.82) is 0 Å². The van der Waals surface area contributed by atoms with E-state index >= 15 is 0 Å². The van der Waals surface area contributed by atoms with Gasteiger partial charge in [0.2, 0.25) is 0 Å². The molecule has 0 atom stereocenters. The fraction of sp³-hybridized carbons (Fsp3) is 1.00. The minimum absolute atomic E-state index is 0.476. The van der Waals surface area contributed by atoms with Gasteiger partial charge >= 0.3 is 0 Å². The molecule has 1 aliphatic heterocycles. The van der Waals surface area contributed by atoms with Crippen LogP contribution in [0.15, 0.2) is 0 Å². The zero-order valence-electron chi connectivity index (χ0n) is 6.67. The van der Waals surface area contributed by atoms with E-state index in [9.17, 15) is 0 Å². The van der Waals surface area contributed by atoms with Crippen molar-refractivity contribution in [2.24, 2.45) is 5.92 Å². The average Bonchev–Trinajstić information content (AvgIpc) is 1.88. The molecule has 3 heteroatoms. The van der Waals surface area contributed by atoms with Crippen molar-refractivity contribution in [3.8, 4) is 0 Å². The third-order valence-corrected chi connectivity index (χ3v) is 1.50. The van der Waals surface area contributed by atoms with Gasteiger partial charge in [0, 0.05) is 12.5 Å². The number of rotatable bonds is 2. The van der Waals surface area contributed by atoms with Gasteiger partial charge in [0.25, 0.3) is 0 Å². The lowest BCUT2D eigenvalue weighted by atomic mass is 10.1. The van der Waals surface area contributed by atoms with E-state index in [0.29, 0.717) is 12.7 Å². The predicted molar refractivity (Wildman–Crippen MR) is 38.8 cm³/mol. The van der Waals surface area contributed by atoms with Crippen LogP contribution in [0, 0.1) is 5.92 Å². The van der Waals surface area contributed by atoms with Gasteiger partial charge in [-0.05, 0) is 14.1 Å². The Bertz CT molecular complexity index is 89.6. The van der Waals surface area contributed by atoms with Crippen LogP contribution in [0.25, 0.3) is 0 Å². The fourth-order valence-corrected chi connectivity index (χ4v) is 1.16. The molecule has 1 aliphatic rings. The van der Waals surface area contributed by atoms with Crippen molar-refractivity contribution in [3.63, 3.8) is 0 Å². The first-order valence-electron chi connectivity index (χ1n) is 3.59. The summed E-state index contributed by atoms with van der Waals surface area (Å²) in [6, 6.07) is 0. The van der Waals surface area contributed by atoms with Crippen LogP contribution in [-0.4, -0.2) is 45.5 Å². The van der Waals surface area contributed by atoms with E-state index in [1.807, 2.05) is 0 Å². The minimum atomic E-state index is 0.476. The lowest BCUT2D eigenvalue weighted by Crippen LogP contribution is -2.32. The van der Waals surface area contributed by atoms with Gasteiger partial charge in [-0.15, -0.1) is 0 Å². The lowest BCUT2D eigenvalue weighted by molar-refractivity contribution is -0.128. The Morgan fingerprint density at radius 3 is 2.40 bits per heavy atom. The zero-order chi connectivity index (χ0) is 7.40. The van der Waals surface area contributed by atoms with Crippen molar-refractivity contribution in [3.05, 3.63) is 0 Å². The maximum atomic E-state index is 5.13. The van der Waals surface area contributed by atoms with Gasteiger partial charge in [0.1, 0.15) is 6.79 Å². The molecule has 0 aromatic carbocycles. The van der Waals surface area contributed by atoms with Crippen LogP contribution < -0.4 is 0 Å². The second-order valence-corrected chi connectivity index (χ2v) is 2.99. The van der Waals surface area contributed by atoms with E-state index in [-0.39, 0.29) is 0 Å². The quantitative estimate of drug-likeness (QED) is 0.553. The fourth-order valence-electron chi connectivity index (χ4n) is 1.16. The molecule has 60 valence electrons. The van der Waals surface area contributed by atoms with Crippen molar-refractivity contribution in [2.75, 3.05) is 40.6 Å². The van der Waals surface area contributed by atoms with Gasteiger partial charge in [-0.3, -0.25) is 0 Å². The Hall–Kier alpha value is -0.120. The molecule has 3 nitrogen and oxygen atoms in total. The molecule has 1 fully saturated rings. The molecule has 10 heavy (non-hydrogen) atoms. The second-order valence-electron chi connectivity index (χ2n) is 2.99. The highest BCUT2D eigenvalue weighted by atomic mass is 16.7. The molecule has 0 aliphatic carbocycles. The van der Waals surface area contributed by atoms with E-state index in [2.05, 4.69) is 19.0 Å². The molecule has 0 unspecified atom stereocenters. The van der Waals surface area contributed by atoms with Crippen molar-refractivity contribution in [2.45, 2.75) is 0 Å². The molecule has 0 spiro atoms. The largest absolute Gasteiger partial charge is 0.355 e. The van der Waals surface area contributed by atoms with Gasteiger partial charge < -0.3 is 14.4 Å². The summed E-state index contributed by atoms with van der Waals surface area (Å²) < 4.78 is 10.3. The molecule has 1 saturated heterocycles. The second kappa shape index (κ2) is 3.91. The third kappa shape index (κ3) is 2.64. The highest BCUT2D eigenvalue weighted by molar-refractivity contribution is 4.61. The summed E-state index contributed by atoms with van der Waals surface area (Å²) in [4.78, 5) is 2.16. The standard InChI is InChI=1S/C7H15NO2/c1-8(2)3-7-4-9-6-10-5-7/h7H,3-6H2,1-2H3. The van der Waals surface area contributed by atoms with Gasteiger partial charge in [-0.1, -0.05) is 0 Å². The highest BCUT2D eigenvalue weighted by Crippen LogP contribution is 2.05. The summed E-state index contributed by atoms with van der Waals surface area (Å²) >= 11 is 0. The summed E-state index contributed by atoms with van der Waals surface area (Å²) in [7, 11) is 4.13. The zero-order valence-corrected chi connectivity index (χ0v) is 6.67. The first kappa shape index (κ1) is 7.98. The summed E-state index contributed by atoms with van der Waals surface area (Å²) in [5, 5.41) is 0. The molecule has 0 amide bonds. The van der Waals surface area contributed by atoms with Gasteiger partial charge in [-0.25, -0.2) is 0 Å². The Kier molecular flexibility index (Phi) is 3.12. The smallest absolute Gasteiger partial charge is 0.146 e. The topological polar surface area (TPSA) is 21.7 Å². The van der Waals surface area contributed by atoms with Crippen LogP contribution in [0.5, 0.6) is 0 Å². The molecule has 0 bridgehead atoms. The molecule has 0 radical (unpaired) electrons. The van der Waals surface area contributed by atoms with Crippen LogP contribution in [0.2, 0.25) is 0 Å². The molecule has 0 aromatic heterocycles. The molecular weight excluding hydrogens is 130 g/mol. The van der Waals surface area contributed by atoms with E-state index in [1.165, 1.54) is 0 Å². The van der Waals surface area contributed by atoms with E-state index < -0.39 is 0 Å². The van der Waals surface area contributed by atoms with Crippen LogP contribution in [0.1, 0.15) is 0 Å². The minimum Gasteiger partial charge on any atom is -0.355 e. The molecular formula is C7H15NO2. The Morgan fingerprint density at radius 1 is 1.30 bits per heavy atom. The summed E-state index contributed by atoms with van der Waals surface area (Å²) in [6.07, 6.45) is 0. The van der Waals surface area contributed by atoms with Crippen LogP contribution >= 0.6 is 0 Å². The average molecular weight is 145 g/mol. The first-order chi connectivity index (χ1) is 4.79. The maximum Gasteiger partial charge on any atom is 0.146 e. The highest BCUT2D eigenvalue weighted by Gasteiger charge is 2.14. The normalized spacial score (nSPS) is 21.9. The van der Waals surface area contributed by atoms with Crippen LogP contribution in [-0.2, 0) is 9.47 Å². The number of nitrogens with zero attached hydrogens (tertiary/aromatic N) is 1. The SMILES string of the molecule is CN(C)CC1COCOC1. The first-order valence-corrected chi connectivity index (χ1v) is 3.59. The maximum absolute atomic E-state index is 5.13. The molecule has 0 saturated carbocycles. The molecule has 1 rings (SSSR count). The predicted octanol–water partition coefficient (Wildman–Crippen LogP) is 0.168. The van der Waals surface area contributed by atoms with Gasteiger partial charge in [0.15, 0.2) is 0 Å². The molecule has 1 heterocycles. The van der Waals surface area contributed by atoms with Crippen molar-refractivity contribution >= 4 is 0 Å². The van der Waals surface area contributed by atoms with Gasteiger partial charge in [-0.2, -0.15) is 0 Å². The van der Waals surface area contributed by atoms with Crippen molar-refractivity contribution in [1.82, 2.24) is 4.90 Å². The third-order valence-electron chi connectivity index (χ3n) is 1.50. The summed E-state index contributed by atoms with van der Waals surface area (Å²) in [5.74, 6) is 0.559. The van der Waals surface area contributed by atoms with E-state index in [1.54, 1.807) is 0 Å². The van der Waals surface area contributed by atoms with E-state index in [0.717, 1.165) is 19.8 Å². The molecule has 0 N–H and O–H groups in total. The van der Waals surface area contributed by atoms with Crippen LogP contribution in [0.3, 0.4) is 0 Å². The summed E-state index contributed by atoms with van der Waals surface area (Å²) in [6.45, 7) is 3.22. The van der Waals surface area contributed by atoms with Crippen molar-refractivity contribution < 1.29 is 9.47 Å². The number of hydrogen-bond acceptors (Lipinski definition) is 3. The number of hydrogen-bond donors (Lipinski definition) is 0. The van der Waals surface area contributed by atoms with E-state index in [4.69, 9.17) is 9.47 Å². The Balaban J connectivity index is 2.13. The lowest BCUT2D eigenvalue weighted by Gasteiger charge is -2.24. The monoisotopic (exact) mass is 145 g/mol. The number of ether oxygens (including phenoxy) is 2. The van der Waals surface area contributed by atoms with Crippen LogP contribution in [0.4, 0.5) is 0 Å². The summed E-state index contributed by atoms with van der Waals surface area (Å²) in [5.41, 5.74) is 0. The molecule has 0 aromatic rings.